The fourth-order valence-corrected chi connectivity index (χ4v) is 2.40. The van der Waals surface area contributed by atoms with E-state index in [1.54, 1.807) is 0 Å². The number of aromatic nitrogens is 2. The Kier molecular flexibility index (Phi) is 3.83. The van der Waals surface area contributed by atoms with Crippen molar-refractivity contribution in [3.8, 4) is 28.5 Å². The molecule has 1 aromatic heterocycles. The molecule has 0 radical (unpaired) electrons. The van der Waals surface area contributed by atoms with Crippen molar-refractivity contribution in [2.24, 2.45) is 0 Å². The first-order valence-corrected chi connectivity index (χ1v) is 7.16. The second-order valence-corrected chi connectivity index (χ2v) is 5.32. The molecule has 5 nitrogen and oxygen atoms in total. The van der Waals surface area contributed by atoms with E-state index >= 15 is 0 Å². The van der Waals surface area contributed by atoms with E-state index in [9.17, 15) is 5.26 Å². The standard InChI is InChI=1S/C17H12ClN5/c18-13-7-5-11(6-8-13)10-1-3-12(4-2-10)15-14(9-19)16(20)23-17(21)22-15/h1-8H,(H4,20,21,22,23). The zero-order chi connectivity index (χ0) is 16.4. The van der Waals surface area contributed by atoms with Crippen LogP contribution in [-0.4, -0.2) is 9.97 Å². The molecule has 0 saturated heterocycles. The highest BCUT2D eigenvalue weighted by molar-refractivity contribution is 6.30. The van der Waals surface area contributed by atoms with Gasteiger partial charge in [0.25, 0.3) is 0 Å². The first kappa shape index (κ1) is 14.8. The van der Waals surface area contributed by atoms with Gasteiger partial charge in [0.15, 0.2) is 0 Å². The minimum Gasteiger partial charge on any atom is -0.382 e. The van der Waals surface area contributed by atoms with Crippen LogP contribution in [0.25, 0.3) is 22.4 Å². The van der Waals surface area contributed by atoms with Crippen molar-refractivity contribution in [2.45, 2.75) is 0 Å². The van der Waals surface area contributed by atoms with E-state index in [-0.39, 0.29) is 17.3 Å². The van der Waals surface area contributed by atoms with Crippen molar-refractivity contribution in [3.63, 3.8) is 0 Å². The number of halogens is 1. The van der Waals surface area contributed by atoms with Gasteiger partial charge < -0.3 is 11.5 Å². The number of nitrogen functional groups attached to an aromatic ring is 2. The van der Waals surface area contributed by atoms with Crippen LogP contribution in [0.1, 0.15) is 5.56 Å². The zero-order valence-electron chi connectivity index (χ0n) is 12.0. The summed E-state index contributed by atoms with van der Waals surface area (Å²) >= 11 is 5.90. The summed E-state index contributed by atoms with van der Waals surface area (Å²) in [4.78, 5) is 7.95. The fraction of sp³-hybridized carbons (Fsp3) is 0. The van der Waals surface area contributed by atoms with Gasteiger partial charge in [-0.2, -0.15) is 10.2 Å². The third kappa shape index (κ3) is 2.93. The van der Waals surface area contributed by atoms with Gasteiger partial charge in [-0.05, 0) is 23.3 Å². The maximum Gasteiger partial charge on any atom is 0.222 e. The molecule has 0 atom stereocenters. The summed E-state index contributed by atoms with van der Waals surface area (Å²) in [6.45, 7) is 0. The predicted octanol–water partition coefficient (Wildman–Crippen LogP) is 3.50. The van der Waals surface area contributed by atoms with E-state index in [0.29, 0.717) is 10.7 Å². The summed E-state index contributed by atoms with van der Waals surface area (Å²) < 4.78 is 0. The van der Waals surface area contributed by atoms with Gasteiger partial charge in [-0.25, -0.2) is 4.98 Å². The van der Waals surface area contributed by atoms with E-state index in [2.05, 4.69) is 9.97 Å². The number of hydrogen-bond acceptors (Lipinski definition) is 5. The van der Waals surface area contributed by atoms with Crippen LogP contribution in [0.3, 0.4) is 0 Å². The van der Waals surface area contributed by atoms with Crippen LogP contribution in [0.4, 0.5) is 11.8 Å². The third-order valence-electron chi connectivity index (χ3n) is 3.40. The van der Waals surface area contributed by atoms with Gasteiger partial charge in [-0.3, -0.25) is 0 Å². The molecule has 112 valence electrons. The van der Waals surface area contributed by atoms with Crippen molar-refractivity contribution in [1.82, 2.24) is 9.97 Å². The molecule has 3 aromatic rings. The topological polar surface area (TPSA) is 102 Å². The number of rotatable bonds is 2. The molecule has 0 bridgehead atoms. The highest BCUT2D eigenvalue weighted by Crippen LogP contribution is 2.28. The Labute approximate surface area is 138 Å². The first-order chi connectivity index (χ1) is 11.1. The van der Waals surface area contributed by atoms with Crippen LogP contribution in [0.5, 0.6) is 0 Å². The molecular formula is C17H12ClN5. The average molecular weight is 322 g/mol. The average Bonchev–Trinajstić information content (AvgIpc) is 2.55. The van der Waals surface area contributed by atoms with E-state index in [1.165, 1.54) is 0 Å². The molecule has 6 heteroatoms. The SMILES string of the molecule is N#Cc1c(N)nc(N)nc1-c1ccc(-c2ccc(Cl)cc2)cc1. The molecule has 0 amide bonds. The number of benzene rings is 2. The van der Waals surface area contributed by atoms with E-state index in [0.717, 1.165) is 16.7 Å². The van der Waals surface area contributed by atoms with Crippen LogP contribution in [-0.2, 0) is 0 Å². The summed E-state index contributed by atoms with van der Waals surface area (Å²) in [5.41, 5.74) is 14.8. The van der Waals surface area contributed by atoms with Gasteiger partial charge >= 0.3 is 0 Å². The second kappa shape index (κ2) is 5.95. The summed E-state index contributed by atoms with van der Waals surface area (Å²) in [6, 6.07) is 17.2. The van der Waals surface area contributed by atoms with Gasteiger partial charge in [0, 0.05) is 10.6 Å². The van der Waals surface area contributed by atoms with E-state index in [4.69, 9.17) is 23.1 Å². The number of nitrogens with zero attached hydrogens (tertiary/aromatic N) is 3. The van der Waals surface area contributed by atoms with Gasteiger partial charge in [-0.1, -0.05) is 48.0 Å². The molecule has 4 N–H and O–H groups in total. The Bertz CT molecular complexity index is 896. The normalized spacial score (nSPS) is 10.3. The Morgan fingerprint density at radius 2 is 1.35 bits per heavy atom. The number of anilines is 2. The lowest BCUT2D eigenvalue weighted by Crippen LogP contribution is -2.04. The van der Waals surface area contributed by atoms with Crippen LogP contribution in [0, 0.1) is 11.3 Å². The molecule has 0 aliphatic carbocycles. The van der Waals surface area contributed by atoms with Gasteiger partial charge in [0.1, 0.15) is 17.5 Å². The maximum absolute atomic E-state index is 9.25. The second-order valence-electron chi connectivity index (χ2n) is 4.89. The summed E-state index contributed by atoms with van der Waals surface area (Å²) in [5, 5.41) is 9.94. The summed E-state index contributed by atoms with van der Waals surface area (Å²) in [6.07, 6.45) is 0. The summed E-state index contributed by atoms with van der Waals surface area (Å²) in [7, 11) is 0. The van der Waals surface area contributed by atoms with Gasteiger partial charge in [0.05, 0.1) is 5.69 Å². The van der Waals surface area contributed by atoms with Gasteiger partial charge in [-0.15, -0.1) is 0 Å². The molecule has 0 fully saturated rings. The molecule has 2 aromatic carbocycles. The highest BCUT2D eigenvalue weighted by atomic mass is 35.5. The maximum atomic E-state index is 9.25. The molecule has 0 aliphatic rings. The predicted molar refractivity (Wildman–Crippen MR) is 91.5 cm³/mol. The van der Waals surface area contributed by atoms with Crippen molar-refractivity contribution < 1.29 is 0 Å². The minimum atomic E-state index is 0.0401. The molecular weight excluding hydrogens is 310 g/mol. The lowest BCUT2D eigenvalue weighted by atomic mass is 10.0. The Balaban J connectivity index is 2.04. The van der Waals surface area contributed by atoms with Crippen molar-refractivity contribution >= 4 is 23.4 Å². The lowest BCUT2D eigenvalue weighted by molar-refractivity contribution is 1.18. The van der Waals surface area contributed by atoms with Crippen LogP contribution >= 0.6 is 11.6 Å². The fourth-order valence-electron chi connectivity index (χ4n) is 2.28. The number of hydrogen-bond donors (Lipinski definition) is 2. The van der Waals surface area contributed by atoms with Gasteiger partial charge in [0.2, 0.25) is 5.95 Å². The monoisotopic (exact) mass is 321 g/mol. The van der Waals surface area contributed by atoms with Crippen LogP contribution < -0.4 is 11.5 Å². The first-order valence-electron chi connectivity index (χ1n) is 6.78. The van der Waals surface area contributed by atoms with E-state index in [1.807, 2.05) is 54.6 Å². The third-order valence-corrected chi connectivity index (χ3v) is 3.65. The zero-order valence-corrected chi connectivity index (χ0v) is 12.7. The largest absolute Gasteiger partial charge is 0.382 e. The van der Waals surface area contributed by atoms with Crippen molar-refractivity contribution in [3.05, 3.63) is 59.1 Å². The molecule has 0 spiro atoms. The Morgan fingerprint density at radius 3 is 1.91 bits per heavy atom. The summed E-state index contributed by atoms with van der Waals surface area (Å²) in [5.74, 6) is 0.120. The molecule has 0 aliphatic heterocycles. The number of nitrogens with two attached hydrogens (primary N) is 2. The molecule has 23 heavy (non-hydrogen) atoms. The molecule has 3 rings (SSSR count). The molecule has 0 saturated carbocycles. The van der Waals surface area contributed by atoms with E-state index < -0.39 is 0 Å². The Morgan fingerprint density at radius 1 is 0.826 bits per heavy atom. The van der Waals surface area contributed by atoms with Crippen molar-refractivity contribution in [1.29, 1.82) is 5.26 Å². The molecule has 0 unspecified atom stereocenters. The highest BCUT2D eigenvalue weighted by Gasteiger charge is 2.13. The lowest BCUT2D eigenvalue weighted by Gasteiger charge is -2.08. The molecule has 1 heterocycles. The number of nitriles is 1. The van der Waals surface area contributed by atoms with Crippen molar-refractivity contribution in [2.75, 3.05) is 11.5 Å². The Hall–Kier alpha value is -3.10. The van der Waals surface area contributed by atoms with Crippen LogP contribution in [0.2, 0.25) is 5.02 Å². The minimum absolute atomic E-state index is 0.0401. The van der Waals surface area contributed by atoms with Crippen LogP contribution in [0.15, 0.2) is 48.5 Å². The quantitative estimate of drug-likeness (QED) is 0.752. The smallest absolute Gasteiger partial charge is 0.222 e.